The van der Waals surface area contributed by atoms with E-state index >= 15 is 0 Å². The monoisotopic (exact) mass is 295 g/mol. The molecule has 1 saturated carbocycles. The second-order valence-electron chi connectivity index (χ2n) is 4.93. The number of nitrogens with one attached hydrogen (secondary N) is 1. The van der Waals surface area contributed by atoms with E-state index in [2.05, 4.69) is 5.32 Å². The number of hydrogen-bond acceptors (Lipinski definition) is 3. The fourth-order valence-electron chi connectivity index (χ4n) is 2.22. The molecule has 1 aromatic rings. The summed E-state index contributed by atoms with van der Waals surface area (Å²) in [5, 5.41) is 11.3. The Morgan fingerprint density at radius 2 is 2.05 bits per heavy atom. The molecule has 0 aliphatic heterocycles. The van der Waals surface area contributed by atoms with E-state index in [4.69, 9.17) is 5.11 Å². The molecular formula is C14H17NO4S. The Bertz CT molecular complexity index is 531. The van der Waals surface area contributed by atoms with Crippen molar-refractivity contribution in [2.45, 2.75) is 30.6 Å². The van der Waals surface area contributed by atoms with Crippen molar-refractivity contribution in [2.75, 3.05) is 5.75 Å². The lowest BCUT2D eigenvalue weighted by Crippen LogP contribution is -2.43. The molecule has 5 nitrogen and oxygen atoms in total. The predicted molar refractivity (Wildman–Crippen MR) is 75.8 cm³/mol. The van der Waals surface area contributed by atoms with Crippen molar-refractivity contribution < 1.29 is 18.9 Å². The average Bonchev–Trinajstić information content (AvgIpc) is 3.18. The number of carbonyl (C=O) groups is 2. The maximum atomic E-state index is 12.2. The van der Waals surface area contributed by atoms with Gasteiger partial charge in [0.2, 0.25) is 5.91 Å². The summed E-state index contributed by atoms with van der Waals surface area (Å²) in [4.78, 5) is 22.0. The lowest BCUT2D eigenvalue weighted by Gasteiger charge is -2.12. The number of aliphatic carboxylic acids is 1. The molecule has 0 spiro atoms. The van der Waals surface area contributed by atoms with Crippen LogP contribution in [0.1, 0.15) is 24.8 Å². The molecule has 6 heteroatoms. The van der Waals surface area contributed by atoms with Gasteiger partial charge in [-0.25, -0.2) is 4.79 Å². The molecule has 4 unspecified atom stereocenters. The molecule has 2 N–H and O–H groups in total. The molecule has 1 fully saturated rings. The maximum absolute atomic E-state index is 12.2. The van der Waals surface area contributed by atoms with Gasteiger partial charge in [0.15, 0.2) is 0 Å². The molecule has 108 valence electrons. The first kappa shape index (κ1) is 14.7. The number of carbonyl (C=O) groups excluding carboxylic acids is 1. The number of benzene rings is 1. The van der Waals surface area contributed by atoms with E-state index < -0.39 is 28.7 Å². The standard InChI is InChI=1S/C14H17NO4S/c1-9(16)15-12(14(17)18)8-20(19)13-7-11(13)10-5-3-2-4-6-10/h2-6,11-13H,7-8H2,1H3,(H,15,16)(H,17,18). The summed E-state index contributed by atoms with van der Waals surface area (Å²) >= 11 is 0. The van der Waals surface area contributed by atoms with Gasteiger partial charge in [0, 0.05) is 23.0 Å². The van der Waals surface area contributed by atoms with Crippen LogP contribution in [0.2, 0.25) is 0 Å². The fourth-order valence-corrected chi connectivity index (χ4v) is 3.97. The van der Waals surface area contributed by atoms with Crippen molar-refractivity contribution in [3.05, 3.63) is 35.9 Å². The molecule has 0 bridgehead atoms. The molecule has 0 aromatic heterocycles. The van der Waals surface area contributed by atoms with E-state index in [1.54, 1.807) is 0 Å². The topological polar surface area (TPSA) is 83.5 Å². The van der Waals surface area contributed by atoms with Crippen LogP contribution in [-0.4, -0.2) is 38.2 Å². The highest BCUT2D eigenvalue weighted by molar-refractivity contribution is 7.86. The summed E-state index contributed by atoms with van der Waals surface area (Å²) in [5.74, 6) is -1.37. The molecule has 1 amide bonds. The fraction of sp³-hybridized carbons (Fsp3) is 0.429. The van der Waals surface area contributed by atoms with Gasteiger partial charge in [0.05, 0.1) is 5.75 Å². The number of carboxylic acids is 1. The van der Waals surface area contributed by atoms with Gasteiger partial charge >= 0.3 is 5.97 Å². The lowest BCUT2D eigenvalue weighted by molar-refractivity contribution is -0.140. The lowest BCUT2D eigenvalue weighted by atomic mass is 10.1. The molecule has 4 atom stereocenters. The van der Waals surface area contributed by atoms with E-state index in [0.717, 1.165) is 12.0 Å². The van der Waals surface area contributed by atoms with Crippen molar-refractivity contribution in [2.24, 2.45) is 0 Å². The molecule has 0 radical (unpaired) electrons. The zero-order chi connectivity index (χ0) is 14.7. The average molecular weight is 295 g/mol. The smallest absolute Gasteiger partial charge is 0.327 e. The zero-order valence-electron chi connectivity index (χ0n) is 11.1. The van der Waals surface area contributed by atoms with Crippen LogP contribution in [0.3, 0.4) is 0 Å². The largest absolute Gasteiger partial charge is 0.480 e. The number of amides is 1. The highest BCUT2D eigenvalue weighted by atomic mass is 32.2. The Morgan fingerprint density at radius 3 is 2.60 bits per heavy atom. The van der Waals surface area contributed by atoms with Crippen LogP contribution < -0.4 is 5.32 Å². The molecule has 0 saturated heterocycles. The summed E-state index contributed by atoms with van der Waals surface area (Å²) < 4.78 is 12.2. The SMILES string of the molecule is CC(=O)NC(CS(=O)C1CC1c1ccccc1)C(=O)O. The maximum Gasteiger partial charge on any atom is 0.327 e. The van der Waals surface area contributed by atoms with Crippen LogP contribution in [0.5, 0.6) is 0 Å². The Morgan fingerprint density at radius 1 is 1.40 bits per heavy atom. The number of carboxylic acid groups (broad SMARTS) is 1. The quantitative estimate of drug-likeness (QED) is 0.816. The highest BCUT2D eigenvalue weighted by Gasteiger charge is 2.43. The second kappa shape index (κ2) is 6.17. The second-order valence-corrected chi connectivity index (χ2v) is 6.63. The first-order chi connectivity index (χ1) is 9.49. The number of rotatable bonds is 6. The molecule has 1 aliphatic rings. The molecular weight excluding hydrogens is 278 g/mol. The normalized spacial score (nSPS) is 23.6. The zero-order valence-corrected chi connectivity index (χ0v) is 11.9. The van der Waals surface area contributed by atoms with Gasteiger partial charge in [-0.15, -0.1) is 0 Å². The van der Waals surface area contributed by atoms with Gasteiger partial charge < -0.3 is 10.4 Å². The summed E-state index contributed by atoms with van der Waals surface area (Å²) in [7, 11) is -1.25. The van der Waals surface area contributed by atoms with Crippen molar-refractivity contribution >= 4 is 22.7 Å². The van der Waals surface area contributed by atoms with E-state index in [9.17, 15) is 13.8 Å². The van der Waals surface area contributed by atoms with Crippen LogP contribution in [-0.2, 0) is 20.4 Å². The third-order valence-electron chi connectivity index (χ3n) is 3.30. The first-order valence-electron chi connectivity index (χ1n) is 6.41. The van der Waals surface area contributed by atoms with E-state index in [0.29, 0.717) is 0 Å². The van der Waals surface area contributed by atoms with Gasteiger partial charge in [-0.2, -0.15) is 0 Å². The third-order valence-corrected chi connectivity index (χ3v) is 5.16. The predicted octanol–water partition coefficient (Wildman–Crippen LogP) is 0.880. The minimum absolute atomic E-state index is 0.00647. The van der Waals surface area contributed by atoms with Crippen molar-refractivity contribution in [1.82, 2.24) is 5.32 Å². The van der Waals surface area contributed by atoms with Crippen LogP contribution in [0, 0.1) is 0 Å². The summed E-state index contributed by atoms with van der Waals surface area (Å²) in [6.45, 7) is 1.25. The van der Waals surface area contributed by atoms with Crippen LogP contribution in [0.25, 0.3) is 0 Å². The van der Waals surface area contributed by atoms with E-state index in [1.165, 1.54) is 6.92 Å². The summed E-state index contributed by atoms with van der Waals surface area (Å²) in [6, 6.07) is 8.70. The first-order valence-corrected chi connectivity index (χ1v) is 7.79. The minimum Gasteiger partial charge on any atom is -0.480 e. The van der Waals surface area contributed by atoms with Crippen LogP contribution in [0.4, 0.5) is 0 Å². The molecule has 1 aromatic carbocycles. The van der Waals surface area contributed by atoms with Gasteiger partial charge in [0.1, 0.15) is 6.04 Å². The third kappa shape index (κ3) is 3.66. The van der Waals surface area contributed by atoms with Crippen molar-refractivity contribution in [1.29, 1.82) is 0 Å². The van der Waals surface area contributed by atoms with Gasteiger partial charge in [-0.05, 0) is 17.9 Å². The van der Waals surface area contributed by atoms with Crippen LogP contribution in [0.15, 0.2) is 30.3 Å². The van der Waals surface area contributed by atoms with Crippen LogP contribution >= 0.6 is 0 Å². The Balaban J connectivity index is 1.93. The molecule has 20 heavy (non-hydrogen) atoms. The highest BCUT2D eigenvalue weighted by Crippen LogP contribution is 2.44. The number of hydrogen-bond donors (Lipinski definition) is 2. The van der Waals surface area contributed by atoms with Crippen molar-refractivity contribution in [3.8, 4) is 0 Å². The van der Waals surface area contributed by atoms with Gasteiger partial charge in [-0.1, -0.05) is 30.3 Å². The molecule has 1 aliphatic carbocycles. The van der Waals surface area contributed by atoms with E-state index in [1.807, 2.05) is 30.3 Å². The van der Waals surface area contributed by atoms with Crippen molar-refractivity contribution in [3.63, 3.8) is 0 Å². The van der Waals surface area contributed by atoms with E-state index in [-0.39, 0.29) is 16.9 Å². The Hall–Kier alpha value is -1.69. The van der Waals surface area contributed by atoms with Gasteiger partial charge in [0.25, 0.3) is 0 Å². The Labute approximate surface area is 119 Å². The Kier molecular flexibility index (Phi) is 4.54. The summed E-state index contributed by atoms with van der Waals surface area (Å²) in [6.07, 6.45) is 0.809. The molecule has 2 rings (SSSR count). The summed E-state index contributed by atoms with van der Waals surface area (Å²) in [5.41, 5.74) is 1.14. The minimum atomic E-state index is -1.25. The van der Waals surface area contributed by atoms with Gasteiger partial charge in [-0.3, -0.25) is 9.00 Å². The molecule has 0 heterocycles.